The molecule has 0 atom stereocenters. The van der Waals surface area contributed by atoms with Crippen LogP contribution in [0.4, 0.5) is 5.82 Å². The average molecular weight is 401 g/mol. The van der Waals surface area contributed by atoms with Crippen molar-refractivity contribution in [2.75, 3.05) is 52.2 Å². The number of hydrogen-bond acceptors (Lipinski definition) is 6. The fourth-order valence-corrected chi connectivity index (χ4v) is 4.92. The van der Waals surface area contributed by atoms with E-state index in [2.05, 4.69) is 9.88 Å². The molecule has 2 fully saturated rings. The number of anilines is 1. The van der Waals surface area contributed by atoms with Gasteiger partial charge in [0.25, 0.3) is 0 Å². The molecular weight excluding hydrogens is 368 g/mol. The first kappa shape index (κ1) is 20.1. The van der Waals surface area contributed by atoms with Gasteiger partial charge in [0.2, 0.25) is 5.91 Å². The maximum Gasteiger partial charge on any atom is 0.358 e. The Morgan fingerprint density at radius 3 is 2.55 bits per heavy atom. The van der Waals surface area contributed by atoms with Gasteiger partial charge < -0.3 is 19.4 Å². The van der Waals surface area contributed by atoms with Crippen LogP contribution in [0.3, 0.4) is 0 Å². The van der Waals surface area contributed by atoms with E-state index < -0.39 is 5.60 Å². The molecular formula is C22H32N4O3. The van der Waals surface area contributed by atoms with Crippen molar-refractivity contribution in [1.29, 1.82) is 0 Å². The summed E-state index contributed by atoms with van der Waals surface area (Å²) in [6.07, 6.45) is 5.40. The Hall–Kier alpha value is -2.15. The number of nitrogens with zero attached hydrogens (tertiary/aromatic N) is 4. The smallest absolute Gasteiger partial charge is 0.358 e. The number of likely N-dealkylation sites (N-methyl/N-ethyl adjacent to an activating group) is 1. The largest absolute Gasteiger partial charge is 0.449 e. The molecule has 0 bridgehead atoms. The van der Waals surface area contributed by atoms with E-state index in [4.69, 9.17) is 4.74 Å². The summed E-state index contributed by atoms with van der Waals surface area (Å²) >= 11 is 0. The van der Waals surface area contributed by atoms with Crippen molar-refractivity contribution in [2.45, 2.75) is 44.1 Å². The molecule has 1 aromatic rings. The van der Waals surface area contributed by atoms with Crippen molar-refractivity contribution in [1.82, 2.24) is 14.8 Å². The van der Waals surface area contributed by atoms with E-state index in [1.807, 2.05) is 43.1 Å². The molecule has 1 saturated heterocycles. The summed E-state index contributed by atoms with van der Waals surface area (Å²) in [6, 6.07) is 3.92. The van der Waals surface area contributed by atoms with E-state index in [1.54, 1.807) is 0 Å². The lowest BCUT2D eigenvalue weighted by molar-refractivity contribution is -0.137. The predicted molar refractivity (Wildman–Crippen MR) is 111 cm³/mol. The zero-order valence-corrected chi connectivity index (χ0v) is 17.8. The fourth-order valence-electron chi connectivity index (χ4n) is 4.92. The number of pyridine rings is 1. The first-order valence-corrected chi connectivity index (χ1v) is 10.8. The summed E-state index contributed by atoms with van der Waals surface area (Å²) in [7, 11) is 5.73. The monoisotopic (exact) mass is 400 g/mol. The van der Waals surface area contributed by atoms with Crippen molar-refractivity contribution in [3.63, 3.8) is 0 Å². The number of rotatable bonds is 5. The third-order valence-electron chi connectivity index (χ3n) is 6.78. The number of likely N-dealkylation sites (tertiary alicyclic amines) is 1. The van der Waals surface area contributed by atoms with Crippen LogP contribution in [0, 0.1) is 5.92 Å². The fraction of sp³-hybridized carbons (Fsp3) is 0.682. The molecule has 3 aliphatic rings. The van der Waals surface area contributed by atoms with Crippen LogP contribution < -0.4 is 4.90 Å². The minimum Gasteiger partial charge on any atom is -0.449 e. The van der Waals surface area contributed by atoms with E-state index in [-0.39, 0.29) is 17.8 Å². The Bertz CT molecular complexity index is 780. The summed E-state index contributed by atoms with van der Waals surface area (Å²) in [5.74, 6) is 0.656. The van der Waals surface area contributed by atoms with Crippen molar-refractivity contribution in [3.05, 3.63) is 23.4 Å². The minimum absolute atomic E-state index is 0.0148. The highest BCUT2D eigenvalue weighted by Gasteiger charge is 2.49. The molecule has 2 aliphatic heterocycles. The number of aromatic nitrogens is 1. The van der Waals surface area contributed by atoms with Crippen LogP contribution in [-0.4, -0.2) is 74.0 Å². The molecule has 7 heteroatoms. The number of esters is 1. The van der Waals surface area contributed by atoms with E-state index in [1.165, 1.54) is 12.8 Å². The molecule has 0 aromatic carbocycles. The van der Waals surface area contributed by atoms with Crippen LogP contribution in [0.2, 0.25) is 0 Å². The van der Waals surface area contributed by atoms with Gasteiger partial charge in [-0.2, -0.15) is 0 Å². The first-order valence-electron chi connectivity index (χ1n) is 10.8. The predicted octanol–water partition coefficient (Wildman–Crippen LogP) is 2.26. The summed E-state index contributed by atoms with van der Waals surface area (Å²) < 4.78 is 5.85. The van der Waals surface area contributed by atoms with Crippen LogP contribution in [0.15, 0.2) is 12.1 Å². The van der Waals surface area contributed by atoms with Crippen molar-refractivity contribution in [2.24, 2.45) is 5.92 Å². The highest BCUT2D eigenvalue weighted by Crippen LogP contribution is 2.48. The van der Waals surface area contributed by atoms with Gasteiger partial charge in [0.15, 0.2) is 5.69 Å². The van der Waals surface area contributed by atoms with E-state index in [9.17, 15) is 9.59 Å². The van der Waals surface area contributed by atoms with Crippen LogP contribution in [0.5, 0.6) is 0 Å². The van der Waals surface area contributed by atoms with Gasteiger partial charge in [0, 0.05) is 45.7 Å². The molecule has 1 aliphatic carbocycles. The molecule has 29 heavy (non-hydrogen) atoms. The molecule has 1 saturated carbocycles. The van der Waals surface area contributed by atoms with E-state index in [0.29, 0.717) is 18.5 Å². The molecule has 1 amide bonds. The Morgan fingerprint density at radius 1 is 1.21 bits per heavy atom. The molecule has 158 valence electrons. The summed E-state index contributed by atoms with van der Waals surface area (Å²) in [4.78, 5) is 36.1. The second-order valence-corrected chi connectivity index (χ2v) is 8.93. The van der Waals surface area contributed by atoms with Gasteiger partial charge >= 0.3 is 5.97 Å². The normalized spacial score (nSPS) is 26.4. The number of hydrogen-bond donors (Lipinski definition) is 0. The van der Waals surface area contributed by atoms with Crippen LogP contribution in [0.1, 0.15) is 54.6 Å². The maximum atomic E-state index is 12.9. The molecule has 0 unspecified atom stereocenters. The Balaban J connectivity index is 1.38. The van der Waals surface area contributed by atoms with Crippen LogP contribution >= 0.6 is 0 Å². The molecule has 1 spiro atoms. The zero-order chi connectivity index (χ0) is 20.6. The van der Waals surface area contributed by atoms with E-state index in [0.717, 1.165) is 50.4 Å². The standard InChI is InChI=1S/C22H32N4O3/c1-24(2)18-7-6-17-19(23-18)21(28)29-22(17)10-8-16(9-11-22)20(27)25(3)14-15-26-12-4-5-13-26/h6-7,16H,4-5,8-15H2,1-3H3. The number of amides is 1. The lowest BCUT2D eigenvalue weighted by atomic mass is 9.75. The Morgan fingerprint density at radius 2 is 1.90 bits per heavy atom. The Labute approximate surface area is 173 Å². The van der Waals surface area contributed by atoms with Gasteiger partial charge in [-0.25, -0.2) is 9.78 Å². The third-order valence-corrected chi connectivity index (χ3v) is 6.78. The molecule has 1 aromatic heterocycles. The second kappa shape index (κ2) is 7.94. The highest BCUT2D eigenvalue weighted by molar-refractivity contribution is 5.93. The molecule has 0 radical (unpaired) electrons. The summed E-state index contributed by atoms with van der Waals surface area (Å²) in [6.45, 7) is 4.06. The van der Waals surface area contributed by atoms with Crippen molar-refractivity contribution < 1.29 is 14.3 Å². The van der Waals surface area contributed by atoms with Gasteiger partial charge in [-0.1, -0.05) is 0 Å². The Kier molecular flexibility index (Phi) is 5.51. The maximum absolute atomic E-state index is 12.9. The quantitative estimate of drug-likeness (QED) is 0.707. The first-order chi connectivity index (χ1) is 13.9. The lowest BCUT2D eigenvalue weighted by Gasteiger charge is -2.37. The van der Waals surface area contributed by atoms with Crippen LogP contribution in [0.25, 0.3) is 0 Å². The molecule has 0 N–H and O–H groups in total. The lowest BCUT2D eigenvalue weighted by Crippen LogP contribution is -2.41. The molecule has 4 rings (SSSR count). The average Bonchev–Trinajstić information content (AvgIpc) is 3.33. The molecule has 3 heterocycles. The van der Waals surface area contributed by atoms with Gasteiger partial charge in [-0.3, -0.25) is 4.79 Å². The zero-order valence-electron chi connectivity index (χ0n) is 17.8. The second-order valence-electron chi connectivity index (χ2n) is 8.93. The third kappa shape index (κ3) is 3.84. The number of fused-ring (bicyclic) bond motifs is 2. The highest BCUT2D eigenvalue weighted by atomic mass is 16.6. The number of ether oxygens (including phenoxy) is 1. The van der Waals surface area contributed by atoms with Crippen LogP contribution in [-0.2, 0) is 15.1 Å². The van der Waals surface area contributed by atoms with Crippen molar-refractivity contribution >= 4 is 17.7 Å². The SMILES string of the molecule is CN(CCN1CCCC1)C(=O)C1CCC2(CC1)OC(=O)c1nc(N(C)C)ccc12. The van der Waals surface area contributed by atoms with Gasteiger partial charge in [0.05, 0.1) is 0 Å². The number of carbonyl (C=O) groups excluding carboxylic acids is 2. The van der Waals surface area contributed by atoms with Crippen molar-refractivity contribution in [3.8, 4) is 0 Å². The van der Waals surface area contributed by atoms with Gasteiger partial charge in [-0.05, 0) is 63.7 Å². The summed E-state index contributed by atoms with van der Waals surface area (Å²) in [5.41, 5.74) is 0.722. The molecule has 7 nitrogen and oxygen atoms in total. The van der Waals surface area contributed by atoms with E-state index >= 15 is 0 Å². The van der Waals surface area contributed by atoms with Gasteiger partial charge in [-0.15, -0.1) is 0 Å². The number of carbonyl (C=O) groups is 2. The minimum atomic E-state index is -0.602. The summed E-state index contributed by atoms with van der Waals surface area (Å²) in [5, 5.41) is 0. The van der Waals surface area contributed by atoms with Gasteiger partial charge in [0.1, 0.15) is 11.4 Å². The topological polar surface area (TPSA) is 66.0 Å².